The molecule has 1 aliphatic heterocycles. The smallest absolute Gasteiger partial charge is 0.183 e. The number of ether oxygens (including phenoxy) is 3. The molecule has 0 aliphatic carbocycles. The van der Waals surface area contributed by atoms with Crippen molar-refractivity contribution in [3.63, 3.8) is 0 Å². The first kappa shape index (κ1) is 15.8. The van der Waals surface area contributed by atoms with E-state index in [-0.39, 0.29) is 6.10 Å². The number of rotatable bonds is 6. The minimum Gasteiger partial charge on any atom is -0.492 e. The topological polar surface area (TPSA) is 52.6 Å². The largest absolute Gasteiger partial charge is 0.492 e. The third-order valence-corrected chi connectivity index (χ3v) is 4.57. The highest BCUT2D eigenvalue weighted by atomic mass is 32.1. The Morgan fingerprint density at radius 3 is 2.76 bits per heavy atom. The second kappa shape index (κ2) is 7.44. The van der Waals surface area contributed by atoms with Gasteiger partial charge in [0.2, 0.25) is 0 Å². The van der Waals surface area contributed by atoms with E-state index < -0.39 is 0 Å². The van der Waals surface area contributed by atoms with Crippen LogP contribution in [-0.4, -0.2) is 24.7 Å². The van der Waals surface area contributed by atoms with Gasteiger partial charge in [0.25, 0.3) is 0 Å². The lowest BCUT2D eigenvalue weighted by molar-refractivity contribution is 0.0888. The van der Waals surface area contributed by atoms with Gasteiger partial charge in [0.05, 0.1) is 12.2 Å². The average molecular weight is 354 g/mol. The van der Waals surface area contributed by atoms with Crippen LogP contribution in [0.25, 0.3) is 0 Å². The molecule has 3 aromatic rings. The van der Waals surface area contributed by atoms with Crippen molar-refractivity contribution >= 4 is 16.5 Å². The molecule has 5 nitrogen and oxygen atoms in total. The van der Waals surface area contributed by atoms with Crippen molar-refractivity contribution in [1.82, 2.24) is 4.98 Å². The molecule has 2 heterocycles. The molecule has 4 rings (SSSR count). The first-order valence-electron chi connectivity index (χ1n) is 8.14. The Morgan fingerprint density at radius 2 is 1.88 bits per heavy atom. The van der Waals surface area contributed by atoms with Crippen LogP contribution in [0.15, 0.2) is 60.0 Å². The second-order valence-corrected chi connectivity index (χ2v) is 6.39. The molecule has 1 N–H and O–H groups in total. The van der Waals surface area contributed by atoms with E-state index in [2.05, 4.69) is 10.3 Å². The molecule has 0 saturated carbocycles. The zero-order valence-corrected chi connectivity index (χ0v) is 14.4. The van der Waals surface area contributed by atoms with Crippen molar-refractivity contribution in [2.75, 3.05) is 25.1 Å². The Kier molecular flexibility index (Phi) is 4.70. The van der Waals surface area contributed by atoms with E-state index in [1.807, 2.05) is 60.0 Å². The van der Waals surface area contributed by atoms with Gasteiger partial charge in [0.1, 0.15) is 19.0 Å². The molecule has 0 fully saturated rings. The van der Waals surface area contributed by atoms with Crippen molar-refractivity contribution in [2.45, 2.75) is 6.10 Å². The van der Waals surface area contributed by atoms with Gasteiger partial charge in [0.15, 0.2) is 22.7 Å². The molecule has 1 atom stereocenters. The summed E-state index contributed by atoms with van der Waals surface area (Å²) in [6, 6.07) is 17.5. The van der Waals surface area contributed by atoms with Crippen LogP contribution in [0.2, 0.25) is 0 Å². The maximum atomic E-state index is 5.98. The monoisotopic (exact) mass is 354 g/mol. The molecule has 1 aliphatic rings. The molecule has 1 unspecified atom stereocenters. The van der Waals surface area contributed by atoms with E-state index in [9.17, 15) is 0 Å². The molecular weight excluding hydrogens is 336 g/mol. The van der Waals surface area contributed by atoms with E-state index in [4.69, 9.17) is 14.2 Å². The van der Waals surface area contributed by atoms with Crippen molar-refractivity contribution in [3.05, 3.63) is 65.7 Å². The molecule has 25 heavy (non-hydrogen) atoms. The highest BCUT2D eigenvalue weighted by Gasteiger charge is 2.24. The molecule has 0 saturated heterocycles. The van der Waals surface area contributed by atoms with Crippen LogP contribution >= 0.6 is 11.3 Å². The minimum absolute atomic E-state index is 0.178. The van der Waals surface area contributed by atoms with Crippen LogP contribution in [0.1, 0.15) is 11.8 Å². The molecule has 0 bridgehead atoms. The number of para-hydroxylation sites is 3. The minimum atomic E-state index is -0.178. The van der Waals surface area contributed by atoms with Gasteiger partial charge in [-0.05, 0) is 24.3 Å². The van der Waals surface area contributed by atoms with Gasteiger partial charge in [-0.3, -0.25) is 0 Å². The van der Waals surface area contributed by atoms with Gasteiger partial charge in [0, 0.05) is 5.38 Å². The summed E-state index contributed by atoms with van der Waals surface area (Å²) in [5, 5.41) is 6.14. The highest BCUT2D eigenvalue weighted by Crippen LogP contribution is 2.36. The zero-order valence-electron chi connectivity index (χ0n) is 13.6. The predicted molar refractivity (Wildman–Crippen MR) is 97.8 cm³/mol. The molecule has 0 spiro atoms. The zero-order chi connectivity index (χ0) is 16.9. The average Bonchev–Trinajstić information content (AvgIpc) is 3.15. The summed E-state index contributed by atoms with van der Waals surface area (Å²) in [7, 11) is 0. The molecule has 6 heteroatoms. The Balaban J connectivity index is 1.29. The Bertz CT molecular complexity index is 822. The quantitative estimate of drug-likeness (QED) is 0.674. The summed E-state index contributed by atoms with van der Waals surface area (Å²) < 4.78 is 17.4. The first-order valence-corrected chi connectivity index (χ1v) is 9.02. The normalized spacial score (nSPS) is 15.6. The van der Waals surface area contributed by atoms with Crippen molar-refractivity contribution in [1.29, 1.82) is 0 Å². The van der Waals surface area contributed by atoms with E-state index in [0.717, 1.165) is 28.1 Å². The van der Waals surface area contributed by atoms with Gasteiger partial charge < -0.3 is 19.5 Å². The van der Waals surface area contributed by atoms with Crippen molar-refractivity contribution in [3.8, 4) is 17.2 Å². The molecule has 2 aromatic carbocycles. The second-order valence-electron chi connectivity index (χ2n) is 5.53. The van der Waals surface area contributed by atoms with Crippen LogP contribution in [-0.2, 0) is 0 Å². The number of aromatic nitrogens is 1. The Labute approximate surface area is 150 Å². The number of hydrogen-bond acceptors (Lipinski definition) is 6. The summed E-state index contributed by atoms with van der Waals surface area (Å²) in [4.78, 5) is 4.60. The van der Waals surface area contributed by atoms with Gasteiger partial charge in [-0.2, -0.15) is 0 Å². The lowest BCUT2D eigenvalue weighted by Gasteiger charge is -2.25. The van der Waals surface area contributed by atoms with E-state index in [1.165, 1.54) is 0 Å². The molecule has 0 radical (unpaired) electrons. The lowest BCUT2D eigenvalue weighted by atomic mass is 10.2. The fourth-order valence-corrected chi connectivity index (χ4v) is 3.30. The van der Waals surface area contributed by atoms with Gasteiger partial charge in [-0.25, -0.2) is 4.98 Å². The Morgan fingerprint density at radius 1 is 1.08 bits per heavy atom. The third kappa shape index (κ3) is 3.85. The van der Waals surface area contributed by atoms with E-state index >= 15 is 0 Å². The summed E-state index contributed by atoms with van der Waals surface area (Å²) in [6.07, 6.45) is -0.178. The summed E-state index contributed by atoms with van der Waals surface area (Å²) >= 11 is 1.56. The van der Waals surface area contributed by atoms with Crippen molar-refractivity contribution in [2.24, 2.45) is 0 Å². The number of thiazole rings is 1. The SMILES string of the molecule is c1ccc(OCCNc2nc(C3COc4ccccc4O3)cs2)cc1. The maximum absolute atomic E-state index is 5.98. The summed E-state index contributed by atoms with van der Waals surface area (Å²) in [5.41, 5.74) is 0.881. The number of fused-ring (bicyclic) bond motifs is 1. The number of nitrogens with one attached hydrogen (secondary N) is 1. The van der Waals surface area contributed by atoms with E-state index in [0.29, 0.717) is 19.8 Å². The highest BCUT2D eigenvalue weighted by molar-refractivity contribution is 7.13. The number of anilines is 1. The maximum Gasteiger partial charge on any atom is 0.183 e. The van der Waals surface area contributed by atoms with Crippen LogP contribution in [0.5, 0.6) is 17.2 Å². The first-order chi connectivity index (χ1) is 12.4. The fourth-order valence-electron chi connectivity index (χ4n) is 2.52. The number of nitrogens with zero attached hydrogens (tertiary/aromatic N) is 1. The summed E-state index contributed by atoms with van der Waals surface area (Å²) in [6.45, 7) is 1.74. The van der Waals surface area contributed by atoms with Crippen LogP contribution in [0.4, 0.5) is 5.13 Å². The molecule has 0 amide bonds. The molecule has 128 valence electrons. The third-order valence-electron chi connectivity index (χ3n) is 3.75. The predicted octanol–water partition coefficient (Wildman–Crippen LogP) is 4.15. The lowest BCUT2D eigenvalue weighted by Crippen LogP contribution is -2.21. The summed E-state index contributed by atoms with van der Waals surface area (Å²) in [5.74, 6) is 2.42. The van der Waals surface area contributed by atoms with Gasteiger partial charge >= 0.3 is 0 Å². The molecular formula is C19H18N2O3S. The Hall–Kier alpha value is -2.73. The fraction of sp³-hybridized carbons (Fsp3) is 0.211. The standard InChI is InChI=1S/C19H18N2O3S/c1-2-6-14(7-3-1)22-11-10-20-19-21-15(13-25-19)18-12-23-16-8-4-5-9-17(16)24-18/h1-9,13,18H,10-12H2,(H,20,21). The van der Waals surface area contributed by atoms with Gasteiger partial charge in [-0.15, -0.1) is 11.3 Å². The van der Waals surface area contributed by atoms with E-state index in [1.54, 1.807) is 11.3 Å². The van der Waals surface area contributed by atoms with Crippen LogP contribution < -0.4 is 19.5 Å². The number of hydrogen-bond donors (Lipinski definition) is 1. The molecule has 1 aromatic heterocycles. The van der Waals surface area contributed by atoms with Gasteiger partial charge in [-0.1, -0.05) is 30.3 Å². The van der Waals surface area contributed by atoms with Crippen molar-refractivity contribution < 1.29 is 14.2 Å². The number of benzene rings is 2. The van der Waals surface area contributed by atoms with Crippen LogP contribution in [0.3, 0.4) is 0 Å². The van der Waals surface area contributed by atoms with Crippen LogP contribution in [0, 0.1) is 0 Å².